The lowest BCUT2D eigenvalue weighted by Crippen LogP contribution is -2.13. The lowest BCUT2D eigenvalue weighted by molar-refractivity contribution is -0.112. The van der Waals surface area contributed by atoms with Crippen molar-refractivity contribution >= 4 is 33.6 Å². The highest BCUT2D eigenvalue weighted by Gasteiger charge is 2.11. The Hall–Kier alpha value is -2.38. The van der Waals surface area contributed by atoms with Gasteiger partial charge in [0.1, 0.15) is 11.6 Å². The molecule has 0 aromatic heterocycles. The van der Waals surface area contributed by atoms with Crippen molar-refractivity contribution in [2.45, 2.75) is 33.1 Å². The predicted octanol–water partition coefficient (Wildman–Crippen LogP) is 5.68. The first kappa shape index (κ1) is 19.0. The number of benzene rings is 2. The number of hydrogen-bond acceptors (Lipinski definition) is 2. The summed E-state index contributed by atoms with van der Waals surface area (Å²) in [6.45, 7) is 6.32. The Morgan fingerprint density at radius 3 is 2.44 bits per heavy atom. The Bertz CT molecular complexity index is 830. The molecule has 4 heteroatoms. The molecule has 0 saturated carbocycles. The Balaban J connectivity index is 2.19. The first-order valence-electron chi connectivity index (χ1n) is 8.26. The minimum absolute atomic E-state index is 0.0729. The summed E-state index contributed by atoms with van der Waals surface area (Å²) in [5, 5.41) is 12.1. The second-order valence-corrected chi connectivity index (χ2v) is 6.97. The number of hydrogen-bond donors (Lipinski definition) is 1. The van der Waals surface area contributed by atoms with Gasteiger partial charge in [-0.25, -0.2) is 0 Å². The van der Waals surface area contributed by atoms with Crippen molar-refractivity contribution in [1.82, 2.24) is 0 Å². The van der Waals surface area contributed by atoms with Gasteiger partial charge in [0, 0.05) is 4.47 Å². The number of anilines is 1. The van der Waals surface area contributed by atoms with E-state index in [-0.39, 0.29) is 5.57 Å². The monoisotopic (exact) mass is 396 g/mol. The van der Waals surface area contributed by atoms with Crippen molar-refractivity contribution in [3.8, 4) is 6.07 Å². The summed E-state index contributed by atoms with van der Waals surface area (Å²) >= 11 is 3.46. The fourth-order valence-corrected chi connectivity index (χ4v) is 2.89. The molecule has 0 spiro atoms. The van der Waals surface area contributed by atoms with Crippen LogP contribution in [0.15, 0.2) is 52.5 Å². The molecule has 2 aromatic rings. The third kappa shape index (κ3) is 5.04. The number of rotatable bonds is 5. The van der Waals surface area contributed by atoms with Gasteiger partial charge in [-0.05, 0) is 63.2 Å². The molecule has 0 atom stereocenters. The van der Waals surface area contributed by atoms with Crippen LogP contribution >= 0.6 is 15.9 Å². The number of nitrogens with one attached hydrogen (secondary N) is 1. The van der Waals surface area contributed by atoms with Crippen LogP contribution in [0.5, 0.6) is 0 Å². The Labute approximate surface area is 157 Å². The van der Waals surface area contributed by atoms with Crippen LogP contribution < -0.4 is 5.32 Å². The molecule has 0 aliphatic heterocycles. The first-order chi connectivity index (χ1) is 11.9. The van der Waals surface area contributed by atoms with Crippen molar-refractivity contribution in [3.05, 3.63) is 69.2 Å². The van der Waals surface area contributed by atoms with E-state index in [1.54, 1.807) is 6.08 Å². The maximum Gasteiger partial charge on any atom is 0.266 e. The largest absolute Gasteiger partial charge is 0.320 e. The van der Waals surface area contributed by atoms with Crippen molar-refractivity contribution in [3.63, 3.8) is 0 Å². The normalized spacial score (nSPS) is 11.3. The van der Waals surface area contributed by atoms with E-state index in [4.69, 9.17) is 0 Å². The molecule has 0 aliphatic carbocycles. The number of aryl methyl sites for hydroxylation is 1. The van der Waals surface area contributed by atoms with Crippen LogP contribution in [0.3, 0.4) is 0 Å². The molecule has 128 valence electrons. The van der Waals surface area contributed by atoms with Crippen molar-refractivity contribution in [2.24, 2.45) is 0 Å². The summed E-state index contributed by atoms with van der Waals surface area (Å²) in [5.41, 5.74) is 3.95. The summed E-state index contributed by atoms with van der Waals surface area (Å²) < 4.78 is 0.804. The van der Waals surface area contributed by atoms with Crippen LogP contribution in [-0.4, -0.2) is 5.91 Å². The summed E-state index contributed by atoms with van der Waals surface area (Å²) in [6.07, 6.45) is 2.52. The van der Waals surface area contributed by atoms with Gasteiger partial charge in [0.25, 0.3) is 5.91 Å². The average Bonchev–Trinajstić information content (AvgIpc) is 2.61. The second kappa shape index (κ2) is 8.64. The molecule has 0 unspecified atom stereocenters. The Morgan fingerprint density at radius 2 is 1.92 bits per heavy atom. The van der Waals surface area contributed by atoms with Gasteiger partial charge < -0.3 is 5.32 Å². The zero-order valence-electron chi connectivity index (χ0n) is 14.6. The summed E-state index contributed by atoms with van der Waals surface area (Å²) in [7, 11) is 0. The van der Waals surface area contributed by atoms with E-state index >= 15 is 0 Å². The van der Waals surface area contributed by atoms with Crippen LogP contribution in [0.2, 0.25) is 0 Å². The second-order valence-electron chi connectivity index (χ2n) is 6.11. The first-order valence-corrected chi connectivity index (χ1v) is 9.05. The third-order valence-electron chi connectivity index (χ3n) is 3.97. The van der Waals surface area contributed by atoms with Crippen LogP contribution in [0.1, 0.15) is 43.4 Å². The molecule has 0 bridgehead atoms. The molecular formula is C21H21BrN2O. The molecule has 25 heavy (non-hydrogen) atoms. The van der Waals surface area contributed by atoms with Crippen LogP contribution in [0.25, 0.3) is 6.08 Å². The standard InChI is InChI=1S/C21H21BrN2O/c1-4-15-7-10-20(19(22)12-15)24-21(25)18(13-23)11-16-5-8-17(9-6-16)14(2)3/h5-12,14H,4H2,1-3H3,(H,24,25)/b18-11+. The molecule has 0 aliphatic rings. The molecule has 3 nitrogen and oxygen atoms in total. The van der Waals surface area contributed by atoms with Crippen LogP contribution in [-0.2, 0) is 11.2 Å². The van der Waals surface area contributed by atoms with E-state index in [0.29, 0.717) is 11.6 Å². The van der Waals surface area contributed by atoms with E-state index in [0.717, 1.165) is 16.5 Å². The van der Waals surface area contributed by atoms with Crippen LogP contribution in [0.4, 0.5) is 5.69 Å². The van der Waals surface area contributed by atoms with Gasteiger partial charge >= 0.3 is 0 Å². The van der Waals surface area contributed by atoms with Gasteiger partial charge in [0.15, 0.2) is 0 Å². The van der Waals surface area contributed by atoms with Crippen molar-refractivity contribution in [1.29, 1.82) is 5.26 Å². The predicted molar refractivity (Wildman–Crippen MR) is 106 cm³/mol. The zero-order valence-corrected chi connectivity index (χ0v) is 16.2. The molecule has 0 saturated heterocycles. The minimum atomic E-state index is -0.416. The van der Waals surface area contributed by atoms with E-state index < -0.39 is 5.91 Å². The third-order valence-corrected chi connectivity index (χ3v) is 4.63. The van der Waals surface area contributed by atoms with Crippen LogP contribution in [0, 0.1) is 11.3 Å². The van der Waals surface area contributed by atoms with E-state index in [9.17, 15) is 10.1 Å². The van der Waals surface area contributed by atoms with Gasteiger partial charge in [0.05, 0.1) is 5.69 Å². The molecular weight excluding hydrogens is 376 g/mol. The topological polar surface area (TPSA) is 52.9 Å². The molecule has 0 heterocycles. The lowest BCUT2D eigenvalue weighted by Gasteiger charge is -2.08. The quantitative estimate of drug-likeness (QED) is 0.521. The molecule has 2 rings (SSSR count). The Kier molecular flexibility index (Phi) is 6.55. The summed E-state index contributed by atoms with van der Waals surface area (Å²) in [5.74, 6) is 0.0283. The highest BCUT2D eigenvalue weighted by atomic mass is 79.9. The van der Waals surface area contributed by atoms with E-state index in [2.05, 4.69) is 42.0 Å². The zero-order chi connectivity index (χ0) is 18.4. The Morgan fingerprint density at radius 1 is 1.24 bits per heavy atom. The van der Waals surface area contributed by atoms with Crippen molar-refractivity contribution in [2.75, 3.05) is 5.32 Å². The summed E-state index contributed by atoms with van der Waals surface area (Å²) in [6, 6.07) is 15.6. The maximum absolute atomic E-state index is 12.4. The number of carbonyl (C=O) groups is 1. The smallest absolute Gasteiger partial charge is 0.266 e. The van der Waals surface area contributed by atoms with E-state index in [1.165, 1.54) is 11.1 Å². The molecule has 1 N–H and O–H groups in total. The number of amides is 1. The maximum atomic E-state index is 12.4. The fourth-order valence-electron chi connectivity index (χ4n) is 2.36. The van der Waals surface area contributed by atoms with Gasteiger partial charge in [0.2, 0.25) is 0 Å². The van der Waals surface area contributed by atoms with Gasteiger partial charge in [-0.3, -0.25) is 4.79 Å². The number of nitrogens with zero attached hydrogens (tertiary/aromatic N) is 1. The molecule has 1 amide bonds. The fraction of sp³-hybridized carbons (Fsp3) is 0.238. The molecule has 2 aromatic carbocycles. The molecule has 0 radical (unpaired) electrons. The van der Waals surface area contributed by atoms with Gasteiger partial charge in [-0.1, -0.05) is 51.1 Å². The number of halogens is 1. The lowest BCUT2D eigenvalue weighted by atomic mass is 10.0. The highest BCUT2D eigenvalue weighted by molar-refractivity contribution is 9.10. The van der Waals surface area contributed by atoms with Gasteiger partial charge in [-0.2, -0.15) is 5.26 Å². The average molecular weight is 397 g/mol. The van der Waals surface area contributed by atoms with Crippen molar-refractivity contribution < 1.29 is 4.79 Å². The highest BCUT2D eigenvalue weighted by Crippen LogP contribution is 2.24. The number of nitriles is 1. The molecule has 0 fully saturated rings. The van der Waals surface area contributed by atoms with E-state index in [1.807, 2.05) is 48.5 Å². The summed E-state index contributed by atoms with van der Waals surface area (Å²) in [4.78, 5) is 12.4. The number of carbonyl (C=O) groups excluding carboxylic acids is 1. The van der Waals surface area contributed by atoms with Gasteiger partial charge in [-0.15, -0.1) is 0 Å². The minimum Gasteiger partial charge on any atom is -0.320 e. The SMILES string of the molecule is CCc1ccc(NC(=O)/C(C#N)=C/c2ccc(C(C)C)cc2)c(Br)c1.